The van der Waals surface area contributed by atoms with E-state index in [0.29, 0.717) is 30.5 Å². The molecule has 1 aromatic rings. The van der Waals surface area contributed by atoms with Crippen molar-refractivity contribution in [2.45, 2.75) is 18.6 Å². The van der Waals surface area contributed by atoms with E-state index in [0.717, 1.165) is 0 Å². The Hall–Kier alpha value is -1.88. The highest BCUT2D eigenvalue weighted by molar-refractivity contribution is 6.01. The summed E-state index contributed by atoms with van der Waals surface area (Å²) in [5.74, 6) is -0.501. The first kappa shape index (κ1) is 11.2. The zero-order valence-corrected chi connectivity index (χ0v) is 9.85. The summed E-state index contributed by atoms with van der Waals surface area (Å²) in [4.78, 5) is 25.1. The molecule has 94 valence electrons. The molecule has 0 saturated carbocycles. The van der Waals surface area contributed by atoms with Gasteiger partial charge in [-0.3, -0.25) is 14.5 Å². The van der Waals surface area contributed by atoms with Gasteiger partial charge in [-0.05, 0) is 12.5 Å². The molecule has 0 bridgehead atoms. The minimum absolute atomic E-state index is 0.0932. The van der Waals surface area contributed by atoms with Crippen LogP contribution in [0.15, 0.2) is 24.3 Å². The van der Waals surface area contributed by atoms with Crippen LogP contribution < -0.4 is 5.32 Å². The predicted octanol–water partition coefficient (Wildman–Crippen LogP) is 0.198. The minimum Gasteiger partial charge on any atom is -0.367 e. The SMILES string of the molecule is O=C1CN2C(=O)c3ccccc3C2(O)CCCN1. The number of rotatable bonds is 0. The van der Waals surface area contributed by atoms with E-state index >= 15 is 0 Å². The lowest BCUT2D eigenvalue weighted by Gasteiger charge is -2.35. The second kappa shape index (κ2) is 3.81. The number of nitrogens with one attached hydrogen (secondary N) is 1. The molecule has 0 aromatic heterocycles. The molecule has 1 atom stereocenters. The van der Waals surface area contributed by atoms with Crippen LogP contribution >= 0.6 is 0 Å². The Kier molecular flexibility index (Phi) is 2.38. The zero-order valence-electron chi connectivity index (χ0n) is 9.85. The van der Waals surface area contributed by atoms with Gasteiger partial charge in [-0.15, -0.1) is 0 Å². The number of hydrogen-bond acceptors (Lipinski definition) is 3. The number of aliphatic hydroxyl groups is 1. The number of carbonyl (C=O) groups excluding carboxylic acids is 2. The summed E-state index contributed by atoms with van der Waals surface area (Å²) in [5.41, 5.74) is -0.217. The van der Waals surface area contributed by atoms with Gasteiger partial charge in [0.1, 0.15) is 6.54 Å². The van der Waals surface area contributed by atoms with Gasteiger partial charge in [0.15, 0.2) is 5.72 Å². The Morgan fingerprint density at radius 1 is 1.28 bits per heavy atom. The van der Waals surface area contributed by atoms with Gasteiger partial charge < -0.3 is 10.4 Å². The van der Waals surface area contributed by atoms with E-state index in [9.17, 15) is 14.7 Å². The molecule has 1 fully saturated rings. The Labute approximate surface area is 104 Å². The highest BCUT2D eigenvalue weighted by Gasteiger charge is 2.48. The Balaban J connectivity index is 2.10. The topological polar surface area (TPSA) is 69.6 Å². The first-order valence-corrected chi connectivity index (χ1v) is 6.03. The van der Waals surface area contributed by atoms with Crippen LogP contribution in [0.4, 0.5) is 0 Å². The average molecular weight is 246 g/mol. The summed E-state index contributed by atoms with van der Waals surface area (Å²) in [5, 5.41) is 13.5. The van der Waals surface area contributed by atoms with Crippen molar-refractivity contribution < 1.29 is 14.7 Å². The number of carbonyl (C=O) groups is 2. The van der Waals surface area contributed by atoms with Crippen molar-refractivity contribution >= 4 is 11.8 Å². The van der Waals surface area contributed by atoms with E-state index in [1.54, 1.807) is 24.3 Å². The maximum Gasteiger partial charge on any atom is 0.257 e. The fourth-order valence-electron chi connectivity index (χ4n) is 2.71. The summed E-state index contributed by atoms with van der Waals surface area (Å²) in [6.45, 7) is 0.440. The molecule has 2 amide bonds. The Bertz CT molecular complexity index is 529. The van der Waals surface area contributed by atoms with Crippen LogP contribution in [0.1, 0.15) is 28.8 Å². The van der Waals surface area contributed by atoms with Crippen LogP contribution in [0.5, 0.6) is 0 Å². The maximum atomic E-state index is 12.2. The first-order valence-electron chi connectivity index (χ1n) is 6.03. The Morgan fingerprint density at radius 3 is 2.89 bits per heavy atom. The van der Waals surface area contributed by atoms with Crippen LogP contribution in [0, 0.1) is 0 Å². The molecule has 0 spiro atoms. The number of benzene rings is 1. The molecule has 5 heteroatoms. The monoisotopic (exact) mass is 246 g/mol. The van der Waals surface area contributed by atoms with E-state index in [-0.39, 0.29) is 18.4 Å². The number of fused-ring (bicyclic) bond motifs is 3. The van der Waals surface area contributed by atoms with Crippen molar-refractivity contribution in [1.29, 1.82) is 0 Å². The standard InChI is InChI=1S/C13H14N2O3/c16-11-8-15-12(17)9-4-1-2-5-10(9)13(15,18)6-3-7-14-11/h1-2,4-5,18H,3,6-8H2,(H,14,16). The highest BCUT2D eigenvalue weighted by Crippen LogP contribution is 2.40. The molecule has 1 aromatic carbocycles. The fourth-order valence-corrected chi connectivity index (χ4v) is 2.71. The molecule has 0 aliphatic carbocycles. The number of amides is 2. The normalized spacial score (nSPS) is 27.1. The third-order valence-corrected chi connectivity index (χ3v) is 3.61. The molecular formula is C13H14N2O3. The van der Waals surface area contributed by atoms with Crippen LogP contribution in [0.2, 0.25) is 0 Å². The van der Waals surface area contributed by atoms with Gasteiger partial charge in [0.2, 0.25) is 5.91 Å². The summed E-state index contributed by atoms with van der Waals surface area (Å²) < 4.78 is 0. The van der Waals surface area contributed by atoms with Crippen LogP contribution in [0.25, 0.3) is 0 Å². The first-order chi connectivity index (χ1) is 8.63. The third-order valence-electron chi connectivity index (χ3n) is 3.61. The molecule has 1 unspecified atom stereocenters. The maximum absolute atomic E-state index is 12.2. The molecule has 2 heterocycles. The zero-order chi connectivity index (χ0) is 12.8. The van der Waals surface area contributed by atoms with Crippen molar-refractivity contribution in [1.82, 2.24) is 10.2 Å². The van der Waals surface area contributed by atoms with Gasteiger partial charge in [0.05, 0.1) is 0 Å². The van der Waals surface area contributed by atoms with Crippen molar-refractivity contribution in [3.63, 3.8) is 0 Å². The lowest BCUT2D eigenvalue weighted by atomic mass is 9.96. The second-order valence-electron chi connectivity index (χ2n) is 4.71. The molecule has 2 aliphatic heterocycles. The molecule has 2 N–H and O–H groups in total. The van der Waals surface area contributed by atoms with E-state index in [1.165, 1.54) is 4.90 Å². The molecule has 0 radical (unpaired) electrons. The van der Waals surface area contributed by atoms with Crippen molar-refractivity contribution in [2.75, 3.05) is 13.1 Å². The van der Waals surface area contributed by atoms with E-state index in [1.807, 2.05) is 0 Å². The lowest BCUT2D eigenvalue weighted by molar-refractivity contribution is -0.134. The van der Waals surface area contributed by atoms with Crippen molar-refractivity contribution in [3.8, 4) is 0 Å². The summed E-state index contributed by atoms with van der Waals surface area (Å²) >= 11 is 0. The van der Waals surface area contributed by atoms with Gasteiger partial charge in [0, 0.05) is 24.1 Å². The molecule has 5 nitrogen and oxygen atoms in total. The third kappa shape index (κ3) is 1.44. The van der Waals surface area contributed by atoms with E-state index < -0.39 is 5.72 Å². The van der Waals surface area contributed by atoms with Gasteiger partial charge >= 0.3 is 0 Å². The molecule has 3 rings (SSSR count). The quantitative estimate of drug-likeness (QED) is 0.687. The van der Waals surface area contributed by atoms with Crippen LogP contribution in [0.3, 0.4) is 0 Å². The molecular weight excluding hydrogens is 232 g/mol. The van der Waals surface area contributed by atoms with Crippen LogP contribution in [-0.4, -0.2) is 34.9 Å². The average Bonchev–Trinajstić information content (AvgIpc) is 2.56. The molecule has 18 heavy (non-hydrogen) atoms. The van der Waals surface area contributed by atoms with Gasteiger partial charge in [0.25, 0.3) is 5.91 Å². The van der Waals surface area contributed by atoms with Gasteiger partial charge in [-0.2, -0.15) is 0 Å². The Morgan fingerprint density at radius 2 is 2.06 bits per heavy atom. The fraction of sp³-hybridized carbons (Fsp3) is 0.385. The summed E-state index contributed by atoms with van der Waals surface area (Å²) in [7, 11) is 0. The number of nitrogens with zero attached hydrogens (tertiary/aromatic N) is 1. The molecule has 2 aliphatic rings. The summed E-state index contributed by atoms with van der Waals surface area (Å²) in [6.07, 6.45) is 1.08. The van der Waals surface area contributed by atoms with Gasteiger partial charge in [-0.1, -0.05) is 18.2 Å². The van der Waals surface area contributed by atoms with Crippen LogP contribution in [-0.2, 0) is 10.5 Å². The number of hydrogen-bond donors (Lipinski definition) is 2. The van der Waals surface area contributed by atoms with E-state index in [4.69, 9.17) is 0 Å². The van der Waals surface area contributed by atoms with Crippen molar-refractivity contribution in [2.24, 2.45) is 0 Å². The van der Waals surface area contributed by atoms with E-state index in [2.05, 4.69) is 5.32 Å². The predicted molar refractivity (Wildman–Crippen MR) is 63.6 cm³/mol. The van der Waals surface area contributed by atoms with Crippen molar-refractivity contribution in [3.05, 3.63) is 35.4 Å². The lowest BCUT2D eigenvalue weighted by Crippen LogP contribution is -2.51. The summed E-state index contributed by atoms with van der Waals surface area (Å²) in [6, 6.07) is 7.01. The largest absolute Gasteiger partial charge is 0.367 e. The smallest absolute Gasteiger partial charge is 0.257 e. The minimum atomic E-state index is -1.33. The van der Waals surface area contributed by atoms with Gasteiger partial charge in [-0.25, -0.2) is 0 Å². The highest BCUT2D eigenvalue weighted by atomic mass is 16.3. The molecule has 1 saturated heterocycles. The second-order valence-corrected chi connectivity index (χ2v) is 4.71.